The minimum atomic E-state index is -1.24. The van der Waals surface area contributed by atoms with Gasteiger partial charge in [0.1, 0.15) is 17.8 Å². The van der Waals surface area contributed by atoms with Crippen LogP contribution in [0.1, 0.15) is 67.7 Å². The number of esters is 1. The summed E-state index contributed by atoms with van der Waals surface area (Å²) in [5.74, 6) is 0.483. The third kappa shape index (κ3) is 8.07. The van der Waals surface area contributed by atoms with E-state index in [2.05, 4.69) is 66.9 Å². The summed E-state index contributed by atoms with van der Waals surface area (Å²) in [6, 6.07) is 12.2. The molecular weight excluding hydrogens is 586 g/mol. The molecule has 2 aromatic carbocycles. The van der Waals surface area contributed by atoms with Crippen LogP contribution in [0.25, 0.3) is 22.0 Å². The normalized spacial score (nSPS) is 12.4. The lowest BCUT2D eigenvalue weighted by Crippen LogP contribution is -2.25. The SMILES string of the molecule is CCc1ccc2c(CCCOS(C)(C)C(C)(C)C)c(C(=O)OC)n(CCCOCc3ccc(OC)cc3)c2c1-c1cncnc1. The number of benzene rings is 2. The van der Waals surface area contributed by atoms with Gasteiger partial charge in [-0.2, -0.15) is 0 Å². The fraction of sp³-hybridized carbons (Fsp3) is 0.472. The molecule has 4 rings (SSSR count). The first-order valence-corrected chi connectivity index (χ1v) is 18.0. The number of fused-ring (bicyclic) bond motifs is 1. The smallest absolute Gasteiger partial charge is 0.354 e. The summed E-state index contributed by atoms with van der Waals surface area (Å²) in [4.78, 5) is 22.2. The second kappa shape index (κ2) is 15.3. The van der Waals surface area contributed by atoms with Crippen LogP contribution in [0.15, 0.2) is 55.1 Å². The Morgan fingerprint density at radius 3 is 2.29 bits per heavy atom. The zero-order valence-electron chi connectivity index (χ0n) is 28.1. The molecule has 0 radical (unpaired) electrons. The second-order valence-electron chi connectivity index (χ2n) is 12.5. The van der Waals surface area contributed by atoms with Crippen molar-refractivity contribution in [1.82, 2.24) is 14.5 Å². The minimum absolute atomic E-state index is 0.0822. The zero-order chi connectivity index (χ0) is 32.6. The Hall–Kier alpha value is -3.40. The van der Waals surface area contributed by atoms with Crippen LogP contribution in [-0.4, -0.2) is 65.2 Å². The number of ether oxygens (including phenoxy) is 3. The van der Waals surface area contributed by atoms with Crippen LogP contribution in [-0.2, 0) is 39.7 Å². The number of aromatic nitrogens is 3. The minimum Gasteiger partial charge on any atom is -0.497 e. The van der Waals surface area contributed by atoms with E-state index in [1.54, 1.807) is 13.4 Å². The first kappa shape index (κ1) is 34.5. The van der Waals surface area contributed by atoms with E-state index in [-0.39, 0.29) is 10.7 Å². The van der Waals surface area contributed by atoms with Gasteiger partial charge in [-0.05, 0) is 67.0 Å². The number of methoxy groups -OCH3 is 2. The molecule has 0 amide bonds. The van der Waals surface area contributed by atoms with E-state index in [0.29, 0.717) is 38.5 Å². The summed E-state index contributed by atoms with van der Waals surface area (Å²) in [5, 5.41) is 1.05. The van der Waals surface area contributed by atoms with Gasteiger partial charge in [0.15, 0.2) is 0 Å². The van der Waals surface area contributed by atoms with Crippen LogP contribution in [0.5, 0.6) is 5.75 Å². The molecule has 0 N–H and O–H groups in total. The summed E-state index contributed by atoms with van der Waals surface area (Å²) < 4.78 is 25.4. The maximum absolute atomic E-state index is 13.5. The molecule has 0 unspecified atom stereocenters. The monoisotopic (exact) mass is 635 g/mol. The lowest BCUT2D eigenvalue weighted by atomic mass is 9.95. The third-order valence-electron chi connectivity index (χ3n) is 8.55. The molecule has 244 valence electrons. The van der Waals surface area contributed by atoms with Crippen molar-refractivity contribution in [2.45, 2.75) is 71.3 Å². The van der Waals surface area contributed by atoms with Crippen LogP contribution in [0.3, 0.4) is 0 Å². The molecule has 0 aliphatic heterocycles. The van der Waals surface area contributed by atoms with Gasteiger partial charge in [-0.1, -0.05) is 52.0 Å². The van der Waals surface area contributed by atoms with E-state index < -0.39 is 10.3 Å². The van der Waals surface area contributed by atoms with Gasteiger partial charge in [0.05, 0.1) is 33.0 Å². The van der Waals surface area contributed by atoms with Gasteiger partial charge >= 0.3 is 5.97 Å². The molecule has 2 aromatic heterocycles. The third-order valence-corrected chi connectivity index (χ3v) is 12.3. The molecule has 9 heteroatoms. The fourth-order valence-electron chi connectivity index (χ4n) is 5.34. The molecule has 0 bridgehead atoms. The quantitative estimate of drug-likeness (QED) is 0.0974. The Morgan fingerprint density at radius 1 is 0.956 bits per heavy atom. The van der Waals surface area contributed by atoms with E-state index in [0.717, 1.165) is 58.2 Å². The molecule has 0 spiro atoms. The van der Waals surface area contributed by atoms with E-state index in [9.17, 15) is 4.79 Å². The van der Waals surface area contributed by atoms with E-state index in [4.69, 9.17) is 18.4 Å². The Balaban J connectivity index is 1.69. The van der Waals surface area contributed by atoms with Crippen molar-refractivity contribution in [3.05, 3.63) is 77.5 Å². The summed E-state index contributed by atoms with van der Waals surface area (Å²) in [5.41, 5.74) is 6.83. The highest BCUT2D eigenvalue weighted by Crippen LogP contribution is 2.53. The Morgan fingerprint density at radius 2 is 1.67 bits per heavy atom. The summed E-state index contributed by atoms with van der Waals surface area (Å²) in [7, 11) is 1.87. The molecule has 0 saturated heterocycles. The largest absolute Gasteiger partial charge is 0.497 e. The topological polar surface area (TPSA) is 84.7 Å². The molecule has 45 heavy (non-hydrogen) atoms. The van der Waals surface area contributed by atoms with E-state index in [1.807, 2.05) is 36.7 Å². The highest BCUT2D eigenvalue weighted by molar-refractivity contribution is 8.29. The van der Waals surface area contributed by atoms with Crippen LogP contribution in [0.4, 0.5) is 0 Å². The highest BCUT2D eigenvalue weighted by atomic mass is 32.3. The predicted molar refractivity (Wildman–Crippen MR) is 184 cm³/mol. The summed E-state index contributed by atoms with van der Waals surface area (Å²) in [6.07, 6.45) is 12.7. The fourth-order valence-corrected chi connectivity index (χ4v) is 6.23. The predicted octanol–water partition coefficient (Wildman–Crippen LogP) is 7.79. The van der Waals surface area contributed by atoms with Gasteiger partial charge in [-0.15, -0.1) is 10.3 Å². The lowest BCUT2D eigenvalue weighted by Gasteiger charge is -2.43. The molecule has 2 heterocycles. The number of hydrogen-bond donors (Lipinski definition) is 0. The molecule has 0 aliphatic carbocycles. The number of aryl methyl sites for hydroxylation is 3. The van der Waals surface area contributed by atoms with Crippen molar-refractivity contribution in [3.8, 4) is 16.9 Å². The van der Waals surface area contributed by atoms with Crippen LogP contribution in [0, 0.1) is 0 Å². The average molecular weight is 636 g/mol. The van der Waals surface area contributed by atoms with Crippen LogP contribution >= 0.6 is 10.3 Å². The number of carbonyl (C=O) groups is 1. The number of hydrogen-bond acceptors (Lipinski definition) is 7. The van der Waals surface area contributed by atoms with Crippen molar-refractivity contribution in [1.29, 1.82) is 0 Å². The second-order valence-corrected chi connectivity index (χ2v) is 16.4. The van der Waals surface area contributed by atoms with E-state index in [1.165, 1.54) is 12.7 Å². The molecule has 0 fully saturated rings. The van der Waals surface area contributed by atoms with Gasteiger partial charge in [0, 0.05) is 46.8 Å². The van der Waals surface area contributed by atoms with Crippen molar-refractivity contribution in [3.63, 3.8) is 0 Å². The molecule has 8 nitrogen and oxygen atoms in total. The average Bonchev–Trinajstić information content (AvgIpc) is 3.35. The van der Waals surface area contributed by atoms with Gasteiger partial charge < -0.3 is 23.0 Å². The Bertz CT molecular complexity index is 1560. The first-order valence-electron chi connectivity index (χ1n) is 15.6. The highest BCUT2D eigenvalue weighted by Gasteiger charge is 2.29. The molecule has 0 saturated carbocycles. The van der Waals surface area contributed by atoms with Crippen molar-refractivity contribution >= 4 is 27.2 Å². The summed E-state index contributed by atoms with van der Waals surface area (Å²) >= 11 is 0. The van der Waals surface area contributed by atoms with E-state index >= 15 is 0 Å². The van der Waals surface area contributed by atoms with Crippen molar-refractivity contribution < 1.29 is 23.2 Å². The number of nitrogens with zero attached hydrogens (tertiary/aromatic N) is 3. The van der Waals surface area contributed by atoms with Crippen molar-refractivity contribution in [2.24, 2.45) is 0 Å². The van der Waals surface area contributed by atoms with Crippen molar-refractivity contribution in [2.75, 3.05) is 39.9 Å². The maximum atomic E-state index is 13.5. The molecular formula is C36H49N3O5S. The zero-order valence-corrected chi connectivity index (χ0v) is 29.0. The lowest BCUT2D eigenvalue weighted by molar-refractivity contribution is 0.0585. The molecule has 0 aliphatic rings. The molecule has 4 aromatic rings. The Labute approximate surface area is 270 Å². The first-order chi connectivity index (χ1) is 21.5. The van der Waals surface area contributed by atoms with Crippen LogP contribution < -0.4 is 4.74 Å². The van der Waals surface area contributed by atoms with Gasteiger partial charge in [-0.25, -0.2) is 14.8 Å². The Kier molecular flexibility index (Phi) is 11.7. The van der Waals surface area contributed by atoms with Gasteiger partial charge in [0.25, 0.3) is 0 Å². The number of rotatable bonds is 15. The van der Waals surface area contributed by atoms with Gasteiger partial charge in [-0.3, -0.25) is 0 Å². The van der Waals surface area contributed by atoms with Gasteiger partial charge in [0.2, 0.25) is 0 Å². The summed E-state index contributed by atoms with van der Waals surface area (Å²) in [6.45, 7) is 11.1. The molecule has 0 atom stereocenters. The van der Waals surface area contributed by atoms with Crippen LogP contribution in [0.2, 0.25) is 0 Å². The standard InChI is InChI=1S/C36H49N3O5S/c1-9-27-15-18-31-30(12-10-21-44-45(7,8)36(2,3)4)34(35(40)42-6)39(33(31)32(27)28-22-37-25-38-23-28)19-11-20-43-24-26-13-16-29(41-5)17-14-26/h13-18,22-23,25H,9-12,19-21,24H2,1-8H3. The number of carbonyl (C=O) groups excluding carboxylic acids is 1. The maximum Gasteiger partial charge on any atom is 0.354 e.